The van der Waals surface area contributed by atoms with Crippen LogP contribution in [0.2, 0.25) is 0 Å². The topological polar surface area (TPSA) is 87.0 Å². The summed E-state index contributed by atoms with van der Waals surface area (Å²) in [5.41, 5.74) is -0.230. The van der Waals surface area contributed by atoms with Gasteiger partial charge in [-0.3, -0.25) is 4.79 Å². The van der Waals surface area contributed by atoms with E-state index in [9.17, 15) is 22.0 Å². The van der Waals surface area contributed by atoms with Crippen LogP contribution in [-0.2, 0) is 14.6 Å². The Bertz CT molecular complexity index is 711. The summed E-state index contributed by atoms with van der Waals surface area (Å²) in [6, 6.07) is 2.81. The van der Waals surface area contributed by atoms with Gasteiger partial charge in [-0.05, 0) is 26.8 Å². The highest BCUT2D eigenvalue weighted by molar-refractivity contribution is 7.93. The zero-order valence-corrected chi connectivity index (χ0v) is 13.1. The molecule has 1 aromatic rings. The number of amides is 1. The van der Waals surface area contributed by atoms with Crippen molar-refractivity contribution < 1.29 is 22.0 Å². The van der Waals surface area contributed by atoms with Gasteiger partial charge in [-0.25, -0.2) is 17.2 Å². The van der Waals surface area contributed by atoms with Crippen LogP contribution >= 0.6 is 0 Å². The number of carbonyl (C=O) groups excluding carboxylic acids is 1. The molecule has 0 saturated heterocycles. The van der Waals surface area contributed by atoms with Gasteiger partial charge in [0.15, 0.2) is 9.84 Å². The van der Waals surface area contributed by atoms with Gasteiger partial charge in [0.05, 0.1) is 11.3 Å². The summed E-state index contributed by atoms with van der Waals surface area (Å²) in [4.78, 5) is 12.0. The van der Waals surface area contributed by atoms with Crippen LogP contribution in [0.15, 0.2) is 18.2 Å². The summed E-state index contributed by atoms with van der Waals surface area (Å²) in [6.07, 6.45) is 0. The number of nitrogens with one attached hydrogen (secondary N) is 1. The second-order valence-corrected chi connectivity index (χ2v) is 7.84. The second kappa shape index (κ2) is 6.83. The summed E-state index contributed by atoms with van der Waals surface area (Å²) in [6.45, 7) is 4.06. The number of nitrogens with zero attached hydrogens (tertiary/aromatic N) is 1. The molecule has 1 amide bonds. The minimum absolute atomic E-state index is 0.230. The number of carbonyl (C=O) groups is 1. The first kappa shape index (κ1) is 18.0. The minimum atomic E-state index is -3.70. The van der Waals surface area contributed by atoms with E-state index >= 15 is 0 Å². The lowest BCUT2D eigenvalue weighted by atomic mass is 10.1. The Hall–Kier alpha value is -2.01. The predicted molar refractivity (Wildman–Crippen MR) is 76.4 cm³/mol. The lowest BCUT2D eigenvalue weighted by molar-refractivity contribution is -0.120. The Morgan fingerprint density at radius 1 is 1.27 bits per heavy atom. The average Bonchev–Trinajstić information content (AvgIpc) is 2.44. The number of benzene rings is 1. The molecule has 22 heavy (non-hydrogen) atoms. The maximum absolute atomic E-state index is 13.6. The van der Waals surface area contributed by atoms with Gasteiger partial charge in [0.1, 0.15) is 22.9 Å². The quantitative estimate of drug-likeness (QED) is 0.892. The maximum atomic E-state index is 13.6. The molecule has 0 radical (unpaired) electrons. The lowest BCUT2D eigenvalue weighted by Gasteiger charge is -2.18. The monoisotopic (exact) mass is 330 g/mol. The van der Waals surface area contributed by atoms with E-state index in [4.69, 9.17) is 5.26 Å². The summed E-state index contributed by atoms with van der Waals surface area (Å²) in [7, 11) is -3.70. The molecule has 0 aromatic heterocycles. The summed E-state index contributed by atoms with van der Waals surface area (Å²) in [5, 5.41) is 9.05. The van der Waals surface area contributed by atoms with Crippen molar-refractivity contribution in [2.24, 2.45) is 0 Å². The van der Waals surface area contributed by atoms with Crippen molar-refractivity contribution in [1.82, 2.24) is 5.32 Å². The molecule has 120 valence electrons. The molecule has 1 rings (SSSR count). The van der Waals surface area contributed by atoms with Crippen LogP contribution in [0.25, 0.3) is 0 Å². The van der Waals surface area contributed by atoms with Crippen molar-refractivity contribution in [1.29, 1.82) is 5.26 Å². The molecule has 0 aliphatic heterocycles. The Morgan fingerprint density at radius 2 is 1.86 bits per heavy atom. The molecule has 0 saturated carbocycles. The summed E-state index contributed by atoms with van der Waals surface area (Å²) in [5.74, 6) is -2.73. The molecule has 1 aromatic carbocycles. The third-order valence-electron chi connectivity index (χ3n) is 3.21. The first-order valence-electron chi connectivity index (χ1n) is 6.49. The van der Waals surface area contributed by atoms with Gasteiger partial charge in [0.25, 0.3) is 0 Å². The normalized spacial score (nSPS) is 14.2. The van der Waals surface area contributed by atoms with E-state index in [1.165, 1.54) is 20.8 Å². The van der Waals surface area contributed by atoms with Crippen LogP contribution in [0.1, 0.15) is 32.4 Å². The van der Waals surface area contributed by atoms with Crippen molar-refractivity contribution in [3.05, 3.63) is 35.4 Å². The molecule has 0 bridgehead atoms. The molecule has 8 heteroatoms. The predicted octanol–water partition coefficient (Wildman–Crippen LogP) is 1.86. The molecule has 0 aliphatic rings. The molecule has 0 fully saturated rings. The smallest absolute Gasteiger partial charge is 0.239 e. The number of sulfone groups is 1. The van der Waals surface area contributed by atoms with Crippen molar-refractivity contribution in [3.8, 4) is 6.07 Å². The number of nitriles is 1. The van der Waals surface area contributed by atoms with Crippen LogP contribution in [0, 0.1) is 23.0 Å². The summed E-state index contributed by atoms with van der Waals surface area (Å²) >= 11 is 0. The average molecular weight is 330 g/mol. The van der Waals surface area contributed by atoms with Gasteiger partial charge in [0, 0.05) is 11.6 Å². The lowest BCUT2D eigenvalue weighted by Crippen LogP contribution is -2.42. The van der Waals surface area contributed by atoms with E-state index < -0.39 is 43.9 Å². The zero-order chi connectivity index (χ0) is 17.1. The van der Waals surface area contributed by atoms with E-state index in [1.807, 2.05) is 0 Å². The van der Waals surface area contributed by atoms with Crippen LogP contribution in [-0.4, -0.2) is 24.8 Å². The van der Waals surface area contributed by atoms with E-state index in [0.717, 1.165) is 12.1 Å². The van der Waals surface area contributed by atoms with Gasteiger partial charge in [-0.2, -0.15) is 5.26 Å². The van der Waals surface area contributed by atoms with Crippen LogP contribution in [0.5, 0.6) is 0 Å². The van der Waals surface area contributed by atoms with Crippen molar-refractivity contribution in [2.75, 3.05) is 0 Å². The van der Waals surface area contributed by atoms with E-state index in [0.29, 0.717) is 6.07 Å². The molecule has 1 N–H and O–H groups in total. The minimum Gasteiger partial charge on any atom is -0.335 e. The largest absolute Gasteiger partial charge is 0.335 e. The number of rotatable bonds is 5. The highest BCUT2D eigenvalue weighted by atomic mass is 32.2. The molecule has 0 heterocycles. The van der Waals surface area contributed by atoms with Gasteiger partial charge >= 0.3 is 0 Å². The highest BCUT2D eigenvalue weighted by Gasteiger charge is 2.32. The molecule has 0 aliphatic carbocycles. The molecule has 0 spiro atoms. The molecule has 2 atom stereocenters. The van der Waals surface area contributed by atoms with Crippen molar-refractivity contribution in [2.45, 2.75) is 37.3 Å². The van der Waals surface area contributed by atoms with Gasteiger partial charge in [-0.15, -0.1) is 0 Å². The van der Waals surface area contributed by atoms with E-state index in [2.05, 4.69) is 5.32 Å². The van der Waals surface area contributed by atoms with Gasteiger partial charge in [0.2, 0.25) is 5.91 Å². The van der Waals surface area contributed by atoms with Crippen LogP contribution in [0.4, 0.5) is 8.78 Å². The van der Waals surface area contributed by atoms with E-state index in [1.54, 1.807) is 6.07 Å². The number of hydrogen-bond donors (Lipinski definition) is 1. The fourth-order valence-electron chi connectivity index (χ4n) is 1.73. The van der Waals surface area contributed by atoms with Crippen LogP contribution < -0.4 is 5.32 Å². The number of halogens is 2. The second-order valence-electron chi connectivity index (χ2n) is 5.02. The number of hydrogen-bond acceptors (Lipinski definition) is 4. The third-order valence-corrected chi connectivity index (χ3v) is 5.72. The maximum Gasteiger partial charge on any atom is 0.239 e. The Morgan fingerprint density at radius 3 is 2.32 bits per heavy atom. The molecule has 2 unspecified atom stereocenters. The Balaban J connectivity index is 3.01. The molecular formula is C14H16F2N2O3S. The first-order chi connectivity index (χ1) is 10.1. The third kappa shape index (κ3) is 3.80. The van der Waals surface area contributed by atoms with Crippen LogP contribution in [0.3, 0.4) is 0 Å². The molecule has 5 nitrogen and oxygen atoms in total. The first-order valence-corrected chi connectivity index (χ1v) is 8.09. The standard InChI is InChI=1S/C14H16F2N2O3S/c1-8(2)22(20,21)9(3)14(19)18-13(7-17)11-5-4-10(15)6-12(11)16/h4-6,8-9,13H,1-3H3,(H,18,19). The highest BCUT2D eigenvalue weighted by Crippen LogP contribution is 2.19. The SMILES string of the molecule is CC(C)S(=O)(=O)C(C)C(=O)NC(C#N)c1ccc(F)cc1F. The van der Waals surface area contributed by atoms with E-state index in [-0.39, 0.29) is 5.56 Å². The Kier molecular flexibility index (Phi) is 5.60. The summed E-state index contributed by atoms with van der Waals surface area (Å²) < 4.78 is 50.3. The fourth-order valence-corrected chi connectivity index (χ4v) is 2.92. The van der Waals surface area contributed by atoms with Crippen molar-refractivity contribution in [3.63, 3.8) is 0 Å². The van der Waals surface area contributed by atoms with Gasteiger partial charge in [-0.1, -0.05) is 6.07 Å². The molecular weight excluding hydrogens is 314 g/mol. The van der Waals surface area contributed by atoms with Gasteiger partial charge < -0.3 is 5.32 Å². The Labute approximate surface area is 127 Å². The zero-order valence-electron chi connectivity index (χ0n) is 12.3. The van der Waals surface area contributed by atoms with Crippen molar-refractivity contribution >= 4 is 15.7 Å². The fraction of sp³-hybridized carbons (Fsp3) is 0.429.